The lowest BCUT2D eigenvalue weighted by Gasteiger charge is -1.80. The Morgan fingerprint density at radius 1 is 1.06 bits per heavy atom. The van der Waals surface area contributed by atoms with Crippen LogP contribution in [0, 0.1) is 0 Å². The number of hydrogen-bond acceptors (Lipinski definition) is 3. The average Bonchev–Trinajstić information content (AvgIpc) is 2.19. The van der Waals surface area contributed by atoms with E-state index in [1.54, 1.807) is 13.8 Å². The number of rotatable bonds is 3. The molecule has 0 saturated heterocycles. The lowest BCUT2D eigenvalue weighted by Crippen LogP contribution is -1.86. The van der Waals surface area contributed by atoms with E-state index in [0.29, 0.717) is 12.0 Å². The molecule has 0 amide bonds. The van der Waals surface area contributed by atoms with Gasteiger partial charge in [-0.3, -0.25) is 9.59 Å². The van der Waals surface area contributed by atoms with E-state index in [2.05, 4.69) is 13.2 Å². The zero-order chi connectivity index (χ0) is 13.7. The van der Waals surface area contributed by atoms with E-state index >= 15 is 0 Å². The summed E-state index contributed by atoms with van der Waals surface area (Å²) in [7, 11) is 0. The number of hydrogen-bond donors (Lipinski definition) is 0. The lowest BCUT2D eigenvalue weighted by molar-refractivity contribution is -0.117. The first-order valence-corrected chi connectivity index (χ1v) is 4.97. The zero-order valence-corrected chi connectivity index (χ0v) is 10.9. The summed E-state index contributed by atoms with van der Waals surface area (Å²) in [5, 5.41) is 0. The molecule has 0 unspecified atom stereocenters. The van der Waals surface area contributed by atoms with Gasteiger partial charge in [0, 0.05) is 6.42 Å². The molecule has 0 N–H and O–H groups in total. The average molecular weight is 242 g/mol. The first kappa shape index (κ1) is 24.6. The molecule has 17 heavy (non-hydrogen) atoms. The van der Waals surface area contributed by atoms with Gasteiger partial charge in [0.1, 0.15) is 5.78 Å². The van der Waals surface area contributed by atoms with Crippen molar-refractivity contribution in [2.75, 3.05) is 0 Å². The Hall–Kier alpha value is -1.51. The summed E-state index contributed by atoms with van der Waals surface area (Å²) >= 11 is 0. The van der Waals surface area contributed by atoms with Crippen molar-refractivity contribution in [1.82, 2.24) is 0 Å². The van der Waals surface area contributed by atoms with Crippen LogP contribution in [0.2, 0.25) is 0 Å². The second kappa shape index (κ2) is 16.9. The summed E-state index contributed by atoms with van der Waals surface area (Å²) < 4.78 is 0. The van der Waals surface area contributed by atoms with Crippen LogP contribution in [0.3, 0.4) is 0 Å². The van der Waals surface area contributed by atoms with E-state index in [0.717, 1.165) is 0 Å². The predicted octanol–water partition coefficient (Wildman–Crippen LogP) is 3.53. The molecule has 0 radical (unpaired) electrons. The quantitative estimate of drug-likeness (QED) is 0.711. The molecular formula is C14H26O3. The third-order valence-electron chi connectivity index (χ3n) is 1.39. The first-order chi connectivity index (χ1) is 7.18. The number of carbonyl (C=O) groups is 3. The zero-order valence-electron chi connectivity index (χ0n) is 10.9. The van der Waals surface area contributed by atoms with Gasteiger partial charge in [-0.15, -0.1) is 0 Å². The van der Waals surface area contributed by atoms with Crippen LogP contribution in [0.25, 0.3) is 0 Å². The third-order valence-corrected chi connectivity index (χ3v) is 1.39. The molecule has 0 rings (SSSR count). The van der Waals surface area contributed by atoms with Crippen LogP contribution in [0.5, 0.6) is 0 Å². The van der Waals surface area contributed by atoms with Gasteiger partial charge < -0.3 is 4.79 Å². The maximum Gasteiger partial charge on any atom is 0.154 e. The van der Waals surface area contributed by atoms with E-state index in [9.17, 15) is 14.4 Å². The van der Waals surface area contributed by atoms with Gasteiger partial charge in [0.25, 0.3) is 0 Å². The monoisotopic (exact) mass is 242 g/mol. The molecule has 0 bridgehead atoms. The van der Waals surface area contributed by atoms with E-state index in [4.69, 9.17) is 0 Å². The molecule has 0 aliphatic heterocycles. The maximum absolute atomic E-state index is 10.0. The third kappa shape index (κ3) is 53.7. The number of allylic oxidation sites excluding steroid dienone is 2. The van der Waals surface area contributed by atoms with Gasteiger partial charge in [-0.05, 0) is 39.3 Å². The Bertz CT molecular complexity index is 251. The summed E-state index contributed by atoms with van der Waals surface area (Å²) in [5.41, 5.74) is 0.620. The smallest absolute Gasteiger partial charge is 0.154 e. The molecule has 0 aliphatic rings. The van der Waals surface area contributed by atoms with Gasteiger partial charge in [-0.2, -0.15) is 0 Å². The highest BCUT2D eigenvalue weighted by Crippen LogP contribution is 1.84. The molecule has 0 aliphatic carbocycles. The summed E-state index contributed by atoms with van der Waals surface area (Å²) in [6.45, 7) is 14.7. The first-order valence-electron chi connectivity index (χ1n) is 4.97. The molecule has 0 fully saturated rings. The van der Waals surface area contributed by atoms with Gasteiger partial charge >= 0.3 is 0 Å². The van der Waals surface area contributed by atoms with E-state index in [1.165, 1.54) is 19.9 Å². The van der Waals surface area contributed by atoms with Gasteiger partial charge in [0.05, 0.1) is 0 Å². The highest BCUT2D eigenvalue weighted by Gasteiger charge is 1.85. The molecule has 3 heteroatoms. The van der Waals surface area contributed by atoms with Gasteiger partial charge in [-0.1, -0.05) is 27.5 Å². The second-order valence-electron chi connectivity index (χ2n) is 3.21. The van der Waals surface area contributed by atoms with Crippen molar-refractivity contribution in [2.45, 2.75) is 48.5 Å². The fourth-order valence-corrected chi connectivity index (χ4v) is 0. The number of ketones is 3. The van der Waals surface area contributed by atoms with Crippen molar-refractivity contribution in [3.8, 4) is 0 Å². The Morgan fingerprint density at radius 2 is 1.24 bits per heavy atom. The van der Waals surface area contributed by atoms with Crippen LogP contribution < -0.4 is 0 Å². The molecule has 0 aromatic heterocycles. The lowest BCUT2D eigenvalue weighted by atomic mass is 10.3. The summed E-state index contributed by atoms with van der Waals surface area (Å²) in [6.07, 6.45) is 1.94. The SMILES string of the molecule is C.C=C(C)C(C)=O.C=CC(C)=O.CCC(C)=O. The standard InChI is InChI=1S/C5H8O.C4H8O.C4H6O.CH4/c1-4(2)5(3)6;2*1-3-4(2)5;/h1H2,2-3H3;3H2,1-2H3;3H,1H2,2H3;1H4. The fourth-order valence-electron chi connectivity index (χ4n) is 0. The highest BCUT2D eigenvalue weighted by molar-refractivity contribution is 5.91. The van der Waals surface area contributed by atoms with Crippen LogP contribution in [0.1, 0.15) is 48.5 Å². The molecule has 0 atom stereocenters. The predicted molar refractivity (Wildman–Crippen MR) is 74.1 cm³/mol. The van der Waals surface area contributed by atoms with Crippen LogP contribution in [-0.4, -0.2) is 17.3 Å². The Balaban J connectivity index is -0.0000000729. The Morgan fingerprint density at radius 3 is 1.24 bits per heavy atom. The summed E-state index contributed by atoms with van der Waals surface area (Å²) in [5.74, 6) is 0.338. The summed E-state index contributed by atoms with van der Waals surface area (Å²) in [4.78, 5) is 29.6. The Labute approximate surface area is 106 Å². The van der Waals surface area contributed by atoms with Crippen LogP contribution in [-0.2, 0) is 14.4 Å². The van der Waals surface area contributed by atoms with Crippen molar-refractivity contribution in [3.05, 3.63) is 24.8 Å². The topological polar surface area (TPSA) is 51.2 Å². The minimum atomic E-state index is 0. The van der Waals surface area contributed by atoms with Crippen molar-refractivity contribution < 1.29 is 14.4 Å². The molecule has 0 heterocycles. The largest absolute Gasteiger partial charge is 0.300 e. The molecule has 0 aromatic rings. The van der Waals surface area contributed by atoms with E-state index in [-0.39, 0.29) is 24.8 Å². The minimum absolute atomic E-state index is 0. The van der Waals surface area contributed by atoms with Crippen molar-refractivity contribution in [1.29, 1.82) is 0 Å². The molecule has 3 nitrogen and oxygen atoms in total. The van der Waals surface area contributed by atoms with Crippen LogP contribution in [0.15, 0.2) is 24.8 Å². The number of carbonyl (C=O) groups excluding carboxylic acids is 3. The van der Waals surface area contributed by atoms with Crippen molar-refractivity contribution in [2.24, 2.45) is 0 Å². The maximum atomic E-state index is 10.0. The van der Waals surface area contributed by atoms with E-state index < -0.39 is 0 Å². The molecule has 100 valence electrons. The molecule has 0 aromatic carbocycles. The van der Waals surface area contributed by atoms with Gasteiger partial charge in [-0.25, -0.2) is 0 Å². The molecule has 0 saturated carbocycles. The van der Waals surface area contributed by atoms with Crippen LogP contribution in [0.4, 0.5) is 0 Å². The molecular weight excluding hydrogens is 216 g/mol. The van der Waals surface area contributed by atoms with Gasteiger partial charge in [0.15, 0.2) is 11.6 Å². The van der Waals surface area contributed by atoms with Crippen LogP contribution >= 0.6 is 0 Å². The minimum Gasteiger partial charge on any atom is -0.300 e. The van der Waals surface area contributed by atoms with Gasteiger partial charge in [0.2, 0.25) is 0 Å². The highest BCUT2D eigenvalue weighted by atomic mass is 16.1. The van der Waals surface area contributed by atoms with Crippen molar-refractivity contribution >= 4 is 17.3 Å². The number of Topliss-reactive ketones (excluding diaryl/α,β-unsaturated/α-hetero) is 2. The van der Waals surface area contributed by atoms with E-state index in [1.807, 2.05) is 6.92 Å². The van der Waals surface area contributed by atoms with Crippen molar-refractivity contribution in [3.63, 3.8) is 0 Å². The Kier molecular flexibility index (Phi) is 24.5. The summed E-state index contributed by atoms with van der Waals surface area (Å²) in [6, 6.07) is 0. The normalized spacial score (nSPS) is 6.88. The fraction of sp³-hybridized carbons (Fsp3) is 0.500. The second-order valence-corrected chi connectivity index (χ2v) is 3.21. The molecule has 0 spiro atoms.